The predicted octanol–water partition coefficient (Wildman–Crippen LogP) is 4.67. The molecule has 0 N–H and O–H groups in total. The fraction of sp³-hybridized carbons (Fsp3) is 0.136. The number of carbonyl (C=O) groups excluding carboxylic acids is 1. The zero-order chi connectivity index (χ0) is 17.3. The number of benzene rings is 3. The van der Waals surface area contributed by atoms with Crippen molar-refractivity contribution >= 4 is 17.3 Å². The number of hydrogen-bond acceptors (Lipinski definition) is 2. The summed E-state index contributed by atoms with van der Waals surface area (Å²) in [5, 5.41) is 0. The van der Waals surface area contributed by atoms with Crippen molar-refractivity contribution in [2.45, 2.75) is 18.6 Å². The van der Waals surface area contributed by atoms with Crippen LogP contribution in [0.3, 0.4) is 0 Å². The Kier molecular flexibility index (Phi) is 3.86. The van der Waals surface area contributed by atoms with E-state index in [-0.39, 0.29) is 5.91 Å². The number of nitrogens with zero attached hydrogens (tertiary/aromatic N) is 1. The van der Waals surface area contributed by atoms with Crippen LogP contribution in [0.5, 0.6) is 0 Å². The molecule has 0 unspecified atom stereocenters. The number of ether oxygens (including phenoxy) is 1. The minimum Gasteiger partial charge on any atom is -0.351 e. The molecule has 0 aliphatic carbocycles. The summed E-state index contributed by atoms with van der Waals surface area (Å²) >= 11 is 0. The van der Waals surface area contributed by atoms with E-state index in [4.69, 9.17) is 4.74 Å². The van der Waals surface area contributed by atoms with Crippen LogP contribution in [0.25, 0.3) is 0 Å². The normalized spacial score (nSPS) is 21.6. The minimum absolute atomic E-state index is 0.0521. The number of epoxide rings is 1. The first kappa shape index (κ1) is 15.6. The second kappa shape index (κ2) is 6.19. The molecule has 2 atom stereocenters. The van der Waals surface area contributed by atoms with Crippen molar-refractivity contribution in [2.24, 2.45) is 0 Å². The molecule has 3 aromatic carbocycles. The standard InChI is InChI=1S/C22H19NO2/c1-22(17-11-5-2-6-12-17)20(25-22)21(24)23(18-13-7-3-8-14-18)19-15-9-4-10-16-19/h2-16,20H,1H3/t20-,22+/m1/s1. The number of rotatable bonds is 4. The number of amides is 1. The molecule has 0 saturated carbocycles. The maximum Gasteiger partial charge on any atom is 0.264 e. The smallest absolute Gasteiger partial charge is 0.264 e. The van der Waals surface area contributed by atoms with Gasteiger partial charge < -0.3 is 4.74 Å². The van der Waals surface area contributed by atoms with Gasteiger partial charge in [0.05, 0.1) is 0 Å². The fourth-order valence-electron chi connectivity index (χ4n) is 3.16. The Morgan fingerprint density at radius 3 is 1.72 bits per heavy atom. The van der Waals surface area contributed by atoms with Crippen LogP contribution in [0.2, 0.25) is 0 Å². The molecular formula is C22H19NO2. The van der Waals surface area contributed by atoms with Crippen molar-refractivity contribution in [3.8, 4) is 0 Å². The molecule has 0 spiro atoms. The van der Waals surface area contributed by atoms with Gasteiger partial charge in [-0.1, -0.05) is 66.7 Å². The summed E-state index contributed by atoms with van der Waals surface area (Å²) in [7, 11) is 0. The van der Waals surface area contributed by atoms with Crippen molar-refractivity contribution < 1.29 is 9.53 Å². The first-order valence-corrected chi connectivity index (χ1v) is 8.37. The van der Waals surface area contributed by atoms with E-state index in [1.165, 1.54) is 0 Å². The molecule has 25 heavy (non-hydrogen) atoms. The lowest BCUT2D eigenvalue weighted by molar-refractivity contribution is -0.119. The highest BCUT2D eigenvalue weighted by Gasteiger charge is 2.59. The minimum atomic E-state index is -0.569. The Balaban J connectivity index is 1.69. The van der Waals surface area contributed by atoms with Gasteiger partial charge in [-0.15, -0.1) is 0 Å². The predicted molar refractivity (Wildman–Crippen MR) is 98.7 cm³/mol. The monoisotopic (exact) mass is 329 g/mol. The van der Waals surface area contributed by atoms with Crippen LogP contribution in [0.15, 0.2) is 91.0 Å². The highest BCUT2D eigenvalue weighted by Crippen LogP contribution is 2.47. The molecule has 1 saturated heterocycles. The molecule has 1 fully saturated rings. The number of para-hydroxylation sites is 2. The molecule has 0 radical (unpaired) electrons. The summed E-state index contributed by atoms with van der Waals surface area (Å²) < 4.78 is 5.89. The van der Waals surface area contributed by atoms with Crippen LogP contribution in [-0.4, -0.2) is 12.0 Å². The molecule has 3 nitrogen and oxygen atoms in total. The Morgan fingerprint density at radius 2 is 1.24 bits per heavy atom. The molecule has 1 heterocycles. The number of anilines is 2. The van der Waals surface area contributed by atoms with Gasteiger partial charge in [-0.25, -0.2) is 0 Å². The summed E-state index contributed by atoms with van der Waals surface area (Å²) in [6.07, 6.45) is -0.490. The van der Waals surface area contributed by atoms with Gasteiger partial charge in [0.2, 0.25) is 0 Å². The second-order valence-electron chi connectivity index (χ2n) is 6.32. The lowest BCUT2D eigenvalue weighted by atomic mass is 9.96. The van der Waals surface area contributed by atoms with E-state index in [9.17, 15) is 4.79 Å². The van der Waals surface area contributed by atoms with Crippen molar-refractivity contribution in [2.75, 3.05) is 4.90 Å². The quantitative estimate of drug-likeness (QED) is 0.652. The molecule has 3 aromatic rings. The summed E-state index contributed by atoms with van der Waals surface area (Å²) in [4.78, 5) is 15.0. The third kappa shape index (κ3) is 2.83. The Bertz CT molecular complexity index is 825. The maximum absolute atomic E-state index is 13.3. The third-order valence-electron chi connectivity index (χ3n) is 4.63. The largest absolute Gasteiger partial charge is 0.351 e. The third-order valence-corrected chi connectivity index (χ3v) is 4.63. The molecule has 1 amide bonds. The molecule has 1 aliphatic heterocycles. The van der Waals surface area contributed by atoms with Gasteiger partial charge in [-0.3, -0.25) is 9.69 Å². The van der Waals surface area contributed by atoms with Crippen molar-refractivity contribution in [3.05, 3.63) is 96.6 Å². The maximum atomic E-state index is 13.3. The molecule has 4 rings (SSSR count). The van der Waals surface area contributed by atoms with Crippen LogP contribution in [0.4, 0.5) is 11.4 Å². The van der Waals surface area contributed by atoms with E-state index in [1.807, 2.05) is 97.9 Å². The van der Waals surface area contributed by atoms with E-state index in [1.54, 1.807) is 4.90 Å². The molecule has 0 bridgehead atoms. The van der Waals surface area contributed by atoms with Crippen LogP contribution < -0.4 is 4.90 Å². The first-order valence-electron chi connectivity index (χ1n) is 8.37. The zero-order valence-electron chi connectivity index (χ0n) is 14.0. The second-order valence-corrected chi connectivity index (χ2v) is 6.32. The zero-order valence-corrected chi connectivity index (χ0v) is 14.0. The number of hydrogen-bond donors (Lipinski definition) is 0. The van der Waals surface area contributed by atoms with Crippen LogP contribution in [0.1, 0.15) is 12.5 Å². The lowest BCUT2D eigenvalue weighted by Gasteiger charge is -2.23. The van der Waals surface area contributed by atoms with Crippen LogP contribution in [-0.2, 0) is 15.1 Å². The van der Waals surface area contributed by atoms with Crippen LogP contribution >= 0.6 is 0 Å². The van der Waals surface area contributed by atoms with Crippen molar-refractivity contribution in [1.82, 2.24) is 0 Å². The molecule has 124 valence electrons. The topological polar surface area (TPSA) is 32.8 Å². The Morgan fingerprint density at radius 1 is 0.800 bits per heavy atom. The average molecular weight is 329 g/mol. The van der Waals surface area contributed by atoms with Crippen LogP contribution in [0, 0.1) is 0 Å². The SMILES string of the molecule is C[C@@]1(c2ccccc2)O[C@@H]1C(=O)N(c1ccccc1)c1ccccc1. The molecule has 0 aromatic heterocycles. The van der Waals surface area contributed by atoms with Gasteiger partial charge in [0.25, 0.3) is 5.91 Å². The molecule has 1 aliphatic rings. The van der Waals surface area contributed by atoms with Gasteiger partial charge >= 0.3 is 0 Å². The van der Waals surface area contributed by atoms with E-state index < -0.39 is 11.7 Å². The summed E-state index contributed by atoms with van der Waals surface area (Å²) in [6.45, 7) is 1.97. The molecular weight excluding hydrogens is 310 g/mol. The van der Waals surface area contributed by atoms with E-state index in [0.717, 1.165) is 16.9 Å². The first-order chi connectivity index (χ1) is 12.2. The lowest BCUT2D eigenvalue weighted by Crippen LogP contribution is -2.32. The average Bonchev–Trinajstić information content (AvgIpc) is 3.38. The van der Waals surface area contributed by atoms with Gasteiger partial charge in [0, 0.05) is 11.4 Å². The Labute approximate surface area is 147 Å². The summed E-state index contributed by atoms with van der Waals surface area (Å²) in [6, 6.07) is 29.3. The highest BCUT2D eigenvalue weighted by molar-refractivity contribution is 6.05. The number of carbonyl (C=O) groups is 1. The summed E-state index contributed by atoms with van der Waals surface area (Å²) in [5.74, 6) is -0.0521. The summed E-state index contributed by atoms with van der Waals surface area (Å²) in [5.41, 5.74) is 2.13. The fourth-order valence-corrected chi connectivity index (χ4v) is 3.16. The van der Waals surface area contributed by atoms with Crippen molar-refractivity contribution in [1.29, 1.82) is 0 Å². The van der Waals surface area contributed by atoms with Gasteiger partial charge in [0.1, 0.15) is 5.60 Å². The van der Waals surface area contributed by atoms with E-state index in [0.29, 0.717) is 0 Å². The van der Waals surface area contributed by atoms with E-state index >= 15 is 0 Å². The van der Waals surface area contributed by atoms with E-state index in [2.05, 4.69) is 0 Å². The highest BCUT2D eigenvalue weighted by atomic mass is 16.6. The molecule has 3 heteroatoms. The van der Waals surface area contributed by atoms with Crippen molar-refractivity contribution in [3.63, 3.8) is 0 Å². The van der Waals surface area contributed by atoms with Gasteiger partial charge in [-0.2, -0.15) is 0 Å². The Hall–Kier alpha value is -2.91. The van der Waals surface area contributed by atoms with Gasteiger partial charge in [-0.05, 0) is 36.8 Å². The van der Waals surface area contributed by atoms with Gasteiger partial charge in [0.15, 0.2) is 6.10 Å².